The summed E-state index contributed by atoms with van der Waals surface area (Å²) in [6, 6.07) is 5.34. The number of oxime groups is 1. The first kappa shape index (κ1) is 13.2. The lowest BCUT2D eigenvalue weighted by Gasteiger charge is -2.12. The Kier molecular flexibility index (Phi) is 4.96. The molecule has 0 bridgehead atoms. The van der Waals surface area contributed by atoms with Crippen LogP contribution in [0.25, 0.3) is 0 Å². The summed E-state index contributed by atoms with van der Waals surface area (Å²) in [4.78, 5) is 0.942. The second-order valence-corrected chi connectivity index (χ2v) is 5.38. The van der Waals surface area contributed by atoms with Crippen molar-refractivity contribution in [2.45, 2.75) is 30.4 Å². The molecule has 3 N–H and O–H groups in total. The molecule has 0 spiro atoms. The topological polar surface area (TPSA) is 58.6 Å². The van der Waals surface area contributed by atoms with E-state index in [1.54, 1.807) is 23.9 Å². The standard InChI is InChI=1S/C11H15ClN2OS/c1-3-7(2)16-10-6-8(12)4-5-9(10)11(13)14-15/h4-7,15H,3H2,1-2H3,(H2,13,14). The van der Waals surface area contributed by atoms with Crippen LogP contribution in [0.15, 0.2) is 28.3 Å². The number of nitrogens with two attached hydrogens (primary N) is 1. The van der Waals surface area contributed by atoms with Crippen LogP contribution in [0.2, 0.25) is 5.02 Å². The Morgan fingerprint density at radius 1 is 1.62 bits per heavy atom. The average molecular weight is 259 g/mol. The summed E-state index contributed by atoms with van der Waals surface area (Å²) < 4.78 is 0. The van der Waals surface area contributed by atoms with Crippen LogP contribution in [0.1, 0.15) is 25.8 Å². The lowest BCUT2D eigenvalue weighted by Crippen LogP contribution is -2.14. The smallest absolute Gasteiger partial charge is 0.171 e. The van der Waals surface area contributed by atoms with Crippen molar-refractivity contribution in [1.29, 1.82) is 0 Å². The van der Waals surface area contributed by atoms with Crippen LogP contribution < -0.4 is 5.73 Å². The summed E-state index contributed by atoms with van der Waals surface area (Å²) in [6.07, 6.45) is 1.05. The molecule has 1 rings (SSSR count). The van der Waals surface area contributed by atoms with E-state index in [-0.39, 0.29) is 5.84 Å². The summed E-state index contributed by atoms with van der Waals surface area (Å²) in [5.41, 5.74) is 6.33. The Morgan fingerprint density at radius 3 is 2.88 bits per heavy atom. The third-order valence-electron chi connectivity index (χ3n) is 2.23. The fourth-order valence-electron chi connectivity index (χ4n) is 1.16. The Labute approximate surface area is 105 Å². The number of benzene rings is 1. The van der Waals surface area contributed by atoms with Crippen LogP contribution in [-0.4, -0.2) is 16.3 Å². The highest BCUT2D eigenvalue weighted by atomic mass is 35.5. The molecule has 0 heterocycles. The monoisotopic (exact) mass is 258 g/mol. The van der Waals surface area contributed by atoms with Gasteiger partial charge in [0, 0.05) is 20.7 Å². The first-order chi connectivity index (χ1) is 7.58. The minimum atomic E-state index is 0.113. The molecule has 0 amide bonds. The molecule has 3 nitrogen and oxygen atoms in total. The molecule has 0 saturated carbocycles. The Morgan fingerprint density at radius 2 is 2.31 bits per heavy atom. The molecule has 1 aromatic carbocycles. The van der Waals surface area contributed by atoms with Crippen molar-refractivity contribution in [2.75, 3.05) is 0 Å². The number of amidine groups is 1. The van der Waals surface area contributed by atoms with Crippen LogP contribution in [0.4, 0.5) is 0 Å². The van der Waals surface area contributed by atoms with Gasteiger partial charge in [-0.2, -0.15) is 0 Å². The molecule has 0 aromatic heterocycles. The molecule has 16 heavy (non-hydrogen) atoms. The molecule has 1 aromatic rings. The van der Waals surface area contributed by atoms with Crippen LogP contribution in [0.5, 0.6) is 0 Å². The maximum absolute atomic E-state index is 8.69. The number of nitrogens with zero attached hydrogens (tertiary/aromatic N) is 1. The van der Waals surface area contributed by atoms with Crippen LogP contribution in [0, 0.1) is 0 Å². The van der Waals surface area contributed by atoms with E-state index in [1.165, 1.54) is 0 Å². The van der Waals surface area contributed by atoms with E-state index in [0.29, 0.717) is 10.3 Å². The van der Waals surface area contributed by atoms with Crippen LogP contribution in [0.3, 0.4) is 0 Å². The summed E-state index contributed by atoms with van der Waals surface area (Å²) in [7, 11) is 0. The van der Waals surface area contributed by atoms with Gasteiger partial charge in [-0.3, -0.25) is 0 Å². The molecule has 1 unspecified atom stereocenters. The Hall–Kier alpha value is -0.870. The van der Waals surface area contributed by atoms with Crippen LogP contribution >= 0.6 is 23.4 Å². The first-order valence-electron chi connectivity index (χ1n) is 5.02. The predicted octanol–water partition coefficient (Wildman–Crippen LogP) is 3.33. The van der Waals surface area contributed by atoms with E-state index < -0.39 is 0 Å². The zero-order valence-corrected chi connectivity index (χ0v) is 10.8. The molecule has 0 aliphatic rings. The zero-order chi connectivity index (χ0) is 12.1. The zero-order valence-electron chi connectivity index (χ0n) is 9.27. The lowest BCUT2D eigenvalue weighted by molar-refractivity contribution is 0.318. The van der Waals surface area contributed by atoms with Crippen molar-refractivity contribution in [3.05, 3.63) is 28.8 Å². The average Bonchev–Trinajstić information content (AvgIpc) is 2.28. The molecule has 0 aliphatic carbocycles. The van der Waals surface area contributed by atoms with Crippen molar-refractivity contribution in [3.8, 4) is 0 Å². The van der Waals surface area contributed by atoms with Gasteiger partial charge in [0.25, 0.3) is 0 Å². The predicted molar refractivity (Wildman–Crippen MR) is 69.6 cm³/mol. The third-order valence-corrected chi connectivity index (χ3v) is 3.79. The Balaban J connectivity index is 3.08. The second kappa shape index (κ2) is 6.01. The molecular formula is C11H15ClN2OS. The van der Waals surface area contributed by atoms with Gasteiger partial charge in [0.2, 0.25) is 0 Å². The quantitative estimate of drug-likeness (QED) is 0.286. The van der Waals surface area contributed by atoms with E-state index in [0.717, 1.165) is 16.9 Å². The lowest BCUT2D eigenvalue weighted by atomic mass is 10.2. The van der Waals surface area contributed by atoms with Gasteiger partial charge in [0.15, 0.2) is 5.84 Å². The molecular weight excluding hydrogens is 244 g/mol. The van der Waals surface area contributed by atoms with Crippen molar-refractivity contribution in [2.24, 2.45) is 10.9 Å². The van der Waals surface area contributed by atoms with Crippen molar-refractivity contribution in [1.82, 2.24) is 0 Å². The first-order valence-corrected chi connectivity index (χ1v) is 6.28. The summed E-state index contributed by atoms with van der Waals surface area (Å²) in [5.74, 6) is 0.113. The van der Waals surface area contributed by atoms with E-state index in [4.69, 9.17) is 22.5 Å². The maximum atomic E-state index is 8.69. The Bertz CT molecular complexity index is 396. The highest BCUT2D eigenvalue weighted by molar-refractivity contribution is 8.00. The molecule has 0 aliphatic heterocycles. The maximum Gasteiger partial charge on any atom is 0.171 e. The van der Waals surface area contributed by atoms with Gasteiger partial charge in [0.1, 0.15) is 0 Å². The number of halogens is 1. The number of hydrogen-bond acceptors (Lipinski definition) is 3. The van der Waals surface area contributed by atoms with Crippen molar-refractivity contribution >= 4 is 29.2 Å². The summed E-state index contributed by atoms with van der Waals surface area (Å²) in [6.45, 7) is 4.24. The molecule has 88 valence electrons. The highest BCUT2D eigenvalue weighted by Crippen LogP contribution is 2.30. The van der Waals surface area contributed by atoms with E-state index in [1.807, 2.05) is 6.07 Å². The van der Waals surface area contributed by atoms with Gasteiger partial charge in [0.05, 0.1) is 0 Å². The van der Waals surface area contributed by atoms with Crippen LogP contribution in [-0.2, 0) is 0 Å². The number of hydrogen-bond donors (Lipinski definition) is 2. The van der Waals surface area contributed by atoms with Gasteiger partial charge in [-0.15, -0.1) is 11.8 Å². The number of rotatable bonds is 4. The van der Waals surface area contributed by atoms with Crippen molar-refractivity contribution < 1.29 is 5.21 Å². The summed E-state index contributed by atoms with van der Waals surface area (Å²) >= 11 is 7.61. The fraction of sp³-hybridized carbons (Fsp3) is 0.364. The molecule has 0 saturated heterocycles. The fourth-order valence-corrected chi connectivity index (χ4v) is 2.49. The van der Waals surface area contributed by atoms with E-state index in [9.17, 15) is 0 Å². The normalized spacial score (nSPS) is 13.8. The highest BCUT2D eigenvalue weighted by Gasteiger charge is 2.11. The molecule has 5 heteroatoms. The van der Waals surface area contributed by atoms with Gasteiger partial charge < -0.3 is 10.9 Å². The van der Waals surface area contributed by atoms with E-state index in [2.05, 4.69) is 19.0 Å². The van der Waals surface area contributed by atoms with Gasteiger partial charge >= 0.3 is 0 Å². The summed E-state index contributed by atoms with van der Waals surface area (Å²) in [5, 5.41) is 12.8. The van der Waals surface area contributed by atoms with Gasteiger partial charge in [-0.1, -0.05) is 30.6 Å². The second-order valence-electron chi connectivity index (χ2n) is 3.46. The van der Waals surface area contributed by atoms with Crippen molar-refractivity contribution in [3.63, 3.8) is 0 Å². The largest absolute Gasteiger partial charge is 0.409 e. The van der Waals surface area contributed by atoms with Gasteiger partial charge in [-0.25, -0.2) is 0 Å². The minimum absolute atomic E-state index is 0.113. The molecule has 1 atom stereocenters. The number of thioether (sulfide) groups is 1. The minimum Gasteiger partial charge on any atom is -0.409 e. The van der Waals surface area contributed by atoms with Gasteiger partial charge in [-0.05, 0) is 24.6 Å². The third kappa shape index (κ3) is 3.32. The SMILES string of the molecule is CCC(C)Sc1cc(Cl)ccc1C(N)=NO. The van der Waals surface area contributed by atoms with E-state index >= 15 is 0 Å². The molecule has 0 radical (unpaired) electrons. The molecule has 0 fully saturated rings.